The van der Waals surface area contributed by atoms with Crippen LogP contribution in [0.1, 0.15) is 28.5 Å². The van der Waals surface area contributed by atoms with Crippen LogP contribution in [0.5, 0.6) is 0 Å². The molecule has 23 heavy (non-hydrogen) atoms. The van der Waals surface area contributed by atoms with E-state index >= 15 is 0 Å². The number of ether oxygens (including phenoxy) is 1. The third-order valence-corrected chi connectivity index (χ3v) is 3.24. The predicted octanol–water partition coefficient (Wildman–Crippen LogP) is 2.23. The molecular formula is C16H18FN3O3. The van der Waals surface area contributed by atoms with Crippen molar-refractivity contribution in [3.05, 3.63) is 46.9 Å². The number of carbonyl (C=O) groups is 2. The number of hydrogen-bond acceptors (Lipinski definition) is 4. The number of nitrogens with zero attached hydrogens (tertiary/aromatic N) is 2. The Morgan fingerprint density at radius 2 is 1.96 bits per heavy atom. The summed E-state index contributed by atoms with van der Waals surface area (Å²) in [7, 11) is 1.63. The standard InChI is InChI=1S/C16H18FN3O3/c1-4-23-16(22)14-10(2)19-20(3)15(14)18-13(21)9-11-5-7-12(17)8-6-11/h5-8H,4,9H2,1-3H3,(H,18,21). The zero-order valence-corrected chi connectivity index (χ0v) is 13.2. The molecule has 1 amide bonds. The van der Waals surface area contributed by atoms with Gasteiger partial charge in [-0.3, -0.25) is 9.48 Å². The van der Waals surface area contributed by atoms with Crippen molar-refractivity contribution in [2.45, 2.75) is 20.3 Å². The van der Waals surface area contributed by atoms with Crippen molar-refractivity contribution >= 4 is 17.7 Å². The molecule has 122 valence electrons. The van der Waals surface area contributed by atoms with Gasteiger partial charge in [-0.1, -0.05) is 12.1 Å². The highest BCUT2D eigenvalue weighted by Gasteiger charge is 2.22. The highest BCUT2D eigenvalue weighted by molar-refractivity contribution is 6.01. The molecule has 1 aromatic carbocycles. The Kier molecular flexibility index (Phi) is 5.10. The van der Waals surface area contributed by atoms with Gasteiger partial charge < -0.3 is 10.1 Å². The summed E-state index contributed by atoms with van der Waals surface area (Å²) in [6, 6.07) is 5.66. The Hall–Kier alpha value is -2.70. The summed E-state index contributed by atoms with van der Waals surface area (Å²) >= 11 is 0. The molecule has 0 saturated carbocycles. The van der Waals surface area contributed by atoms with E-state index in [0.717, 1.165) is 0 Å². The van der Waals surface area contributed by atoms with Gasteiger partial charge in [0.1, 0.15) is 17.2 Å². The summed E-state index contributed by atoms with van der Waals surface area (Å²) in [6.45, 7) is 3.61. The lowest BCUT2D eigenvalue weighted by Gasteiger charge is -2.08. The van der Waals surface area contributed by atoms with Crippen molar-refractivity contribution < 1.29 is 18.7 Å². The smallest absolute Gasteiger partial charge is 0.343 e. The number of esters is 1. The van der Waals surface area contributed by atoms with Gasteiger partial charge in [0.25, 0.3) is 0 Å². The molecule has 0 bridgehead atoms. The maximum Gasteiger partial charge on any atom is 0.343 e. The summed E-state index contributed by atoms with van der Waals surface area (Å²) in [6.07, 6.45) is 0.0623. The molecule has 6 nitrogen and oxygen atoms in total. The molecule has 1 heterocycles. The molecule has 7 heteroatoms. The second-order valence-corrected chi connectivity index (χ2v) is 5.00. The Labute approximate surface area is 133 Å². The van der Waals surface area contributed by atoms with E-state index in [1.165, 1.54) is 28.9 Å². The van der Waals surface area contributed by atoms with E-state index in [9.17, 15) is 14.0 Å². The lowest BCUT2D eigenvalue weighted by molar-refractivity contribution is -0.115. The van der Waals surface area contributed by atoms with Gasteiger partial charge in [0, 0.05) is 7.05 Å². The number of anilines is 1. The number of halogens is 1. The van der Waals surface area contributed by atoms with E-state index in [-0.39, 0.29) is 36.1 Å². The maximum absolute atomic E-state index is 12.9. The van der Waals surface area contributed by atoms with Crippen molar-refractivity contribution in [2.75, 3.05) is 11.9 Å². The number of aryl methyl sites for hydroxylation is 2. The largest absolute Gasteiger partial charge is 0.462 e. The molecule has 0 fully saturated rings. The molecule has 0 spiro atoms. The molecule has 0 atom stereocenters. The number of hydrogen-bond donors (Lipinski definition) is 1. The Morgan fingerprint density at radius 1 is 1.30 bits per heavy atom. The number of carbonyl (C=O) groups excluding carboxylic acids is 2. The summed E-state index contributed by atoms with van der Waals surface area (Å²) in [5, 5.41) is 6.81. The SMILES string of the molecule is CCOC(=O)c1c(C)nn(C)c1NC(=O)Cc1ccc(F)cc1. The highest BCUT2D eigenvalue weighted by atomic mass is 19.1. The van der Waals surface area contributed by atoms with Gasteiger partial charge in [-0.25, -0.2) is 9.18 Å². The van der Waals surface area contributed by atoms with Crippen LogP contribution in [0.25, 0.3) is 0 Å². The zero-order valence-electron chi connectivity index (χ0n) is 13.2. The number of rotatable bonds is 5. The van der Waals surface area contributed by atoms with Crippen molar-refractivity contribution in [1.29, 1.82) is 0 Å². The lowest BCUT2D eigenvalue weighted by atomic mass is 10.1. The Morgan fingerprint density at radius 3 is 2.57 bits per heavy atom. The first kappa shape index (κ1) is 16.7. The third kappa shape index (κ3) is 3.94. The number of nitrogens with one attached hydrogen (secondary N) is 1. The van der Waals surface area contributed by atoms with E-state index in [1.807, 2.05) is 0 Å². The van der Waals surface area contributed by atoms with Crippen molar-refractivity contribution in [3.8, 4) is 0 Å². The predicted molar refractivity (Wildman–Crippen MR) is 82.6 cm³/mol. The fourth-order valence-electron chi connectivity index (χ4n) is 2.21. The Bertz CT molecular complexity index is 723. The van der Waals surface area contributed by atoms with Crippen LogP contribution in [0.4, 0.5) is 10.2 Å². The van der Waals surface area contributed by atoms with Crippen molar-refractivity contribution in [3.63, 3.8) is 0 Å². The molecule has 0 radical (unpaired) electrons. The van der Waals surface area contributed by atoms with Crippen LogP contribution >= 0.6 is 0 Å². The fourth-order valence-corrected chi connectivity index (χ4v) is 2.21. The van der Waals surface area contributed by atoms with Gasteiger partial charge in [0.2, 0.25) is 5.91 Å². The zero-order chi connectivity index (χ0) is 17.0. The lowest BCUT2D eigenvalue weighted by Crippen LogP contribution is -2.19. The van der Waals surface area contributed by atoms with Crippen LogP contribution in [0.2, 0.25) is 0 Å². The number of aromatic nitrogens is 2. The molecular weight excluding hydrogens is 301 g/mol. The van der Waals surface area contributed by atoms with Gasteiger partial charge in [-0.05, 0) is 31.5 Å². The van der Waals surface area contributed by atoms with Crippen LogP contribution in [0, 0.1) is 12.7 Å². The second-order valence-electron chi connectivity index (χ2n) is 5.00. The minimum Gasteiger partial charge on any atom is -0.462 e. The monoisotopic (exact) mass is 319 g/mol. The third-order valence-electron chi connectivity index (χ3n) is 3.24. The average molecular weight is 319 g/mol. The van der Waals surface area contributed by atoms with E-state index in [1.54, 1.807) is 20.9 Å². The molecule has 0 saturated heterocycles. The van der Waals surface area contributed by atoms with Crippen molar-refractivity contribution in [1.82, 2.24) is 9.78 Å². The maximum atomic E-state index is 12.9. The number of benzene rings is 1. The second kappa shape index (κ2) is 7.04. The topological polar surface area (TPSA) is 73.2 Å². The minimum absolute atomic E-state index is 0.0623. The Balaban J connectivity index is 2.17. The molecule has 1 aromatic heterocycles. The molecule has 0 unspecified atom stereocenters. The summed E-state index contributed by atoms with van der Waals surface area (Å²) in [5.41, 5.74) is 1.38. The van der Waals surface area contributed by atoms with E-state index in [0.29, 0.717) is 11.3 Å². The molecule has 0 aliphatic rings. The molecule has 0 aliphatic carbocycles. The van der Waals surface area contributed by atoms with Gasteiger partial charge in [-0.2, -0.15) is 5.10 Å². The van der Waals surface area contributed by atoms with Gasteiger partial charge >= 0.3 is 5.97 Å². The first-order valence-electron chi connectivity index (χ1n) is 7.17. The highest BCUT2D eigenvalue weighted by Crippen LogP contribution is 2.20. The first-order chi connectivity index (χ1) is 10.9. The van der Waals surface area contributed by atoms with Crippen LogP contribution in [0.15, 0.2) is 24.3 Å². The molecule has 2 rings (SSSR count). The first-order valence-corrected chi connectivity index (χ1v) is 7.17. The molecule has 0 aliphatic heterocycles. The fraction of sp³-hybridized carbons (Fsp3) is 0.312. The van der Waals surface area contributed by atoms with Crippen LogP contribution in [0.3, 0.4) is 0 Å². The van der Waals surface area contributed by atoms with E-state index in [2.05, 4.69) is 10.4 Å². The van der Waals surface area contributed by atoms with Crippen LogP contribution in [-0.2, 0) is 23.0 Å². The van der Waals surface area contributed by atoms with Gasteiger partial charge in [0.15, 0.2) is 0 Å². The summed E-state index contributed by atoms with van der Waals surface area (Å²) in [5.74, 6) is -0.936. The van der Waals surface area contributed by atoms with Crippen LogP contribution in [-0.4, -0.2) is 28.3 Å². The molecule has 2 aromatic rings. The van der Waals surface area contributed by atoms with Gasteiger partial charge in [0.05, 0.1) is 18.7 Å². The average Bonchev–Trinajstić information content (AvgIpc) is 2.76. The van der Waals surface area contributed by atoms with E-state index < -0.39 is 5.97 Å². The minimum atomic E-state index is -0.532. The van der Waals surface area contributed by atoms with Gasteiger partial charge in [-0.15, -0.1) is 0 Å². The molecule has 1 N–H and O–H groups in total. The summed E-state index contributed by atoms with van der Waals surface area (Å²) in [4.78, 5) is 24.2. The number of amides is 1. The quantitative estimate of drug-likeness (QED) is 0.858. The van der Waals surface area contributed by atoms with E-state index in [4.69, 9.17) is 4.74 Å². The van der Waals surface area contributed by atoms with Crippen LogP contribution < -0.4 is 5.32 Å². The van der Waals surface area contributed by atoms with Crippen molar-refractivity contribution in [2.24, 2.45) is 7.05 Å². The normalized spacial score (nSPS) is 10.4. The summed E-state index contributed by atoms with van der Waals surface area (Å²) < 4.78 is 19.3.